The van der Waals surface area contributed by atoms with Crippen LogP contribution in [0.15, 0.2) is 0 Å². The normalized spacial score (nSPS) is 36.1. The van der Waals surface area contributed by atoms with Crippen molar-refractivity contribution in [2.24, 2.45) is 11.8 Å². The Kier molecular flexibility index (Phi) is 2.26. The van der Waals surface area contributed by atoms with Gasteiger partial charge in [-0.05, 0) is 30.9 Å². The summed E-state index contributed by atoms with van der Waals surface area (Å²) >= 11 is 0. The summed E-state index contributed by atoms with van der Waals surface area (Å²) in [6.07, 6.45) is 6.85. The van der Waals surface area contributed by atoms with Crippen LogP contribution in [0.2, 0.25) is 0 Å². The minimum atomic E-state index is 0.605. The molecule has 1 aliphatic rings. The monoisotopic (exact) mass is 125 g/mol. The average Bonchev–Trinajstić information content (AvgIpc) is 1.88. The number of nitrogens with one attached hydrogen (secondary N) is 1. The number of rotatable bonds is 1. The maximum absolute atomic E-state index is 7.06. The largest absolute Gasteiger partial charge is 0.313 e. The van der Waals surface area contributed by atoms with Crippen LogP contribution in [0.5, 0.6) is 0 Å². The third kappa shape index (κ3) is 1.81. The first-order valence-electron chi connectivity index (χ1n) is 3.83. The van der Waals surface area contributed by atoms with Crippen LogP contribution in [-0.4, -0.2) is 6.21 Å². The zero-order valence-electron chi connectivity index (χ0n) is 6.06. The quantitative estimate of drug-likeness (QED) is 0.520. The summed E-state index contributed by atoms with van der Waals surface area (Å²) in [5.41, 5.74) is 0. The molecule has 1 fully saturated rings. The van der Waals surface area contributed by atoms with Gasteiger partial charge >= 0.3 is 0 Å². The van der Waals surface area contributed by atoms with Gasteiger partial charge in [0.2, 0.25) is 0 Å². The van der Waals surface area contributed by atoms with E-state index in [9.17, 15) is 0 Å². The van der Waals surface area contributed by atoms with Crippen molar-refractivity contribution in [2.45, 2.75) is 32.6 Å². The van der Waals surface area contributed by atoms with E-state index in [1.54, 1.807) is 6.21 Å². The predicted molar refractivity (Wildman–Crippen MR) is 39.9 cm³/mol. The van der Waals surface area contributed by atoms with Crippen molar-refractivity contribution in [3.63, 3.8) is 0 Å². The molecule has 1 N–H and O–H groups in total. The lowest BCUT2D eigenvalue weighted by atomic mass is 9.83. The zero-order chi connectivity index (χ0) is 6.69. The third-order valence-corrected chi connectivity index (χ3v) is 2.21. The molecule has 52 valence electrons. The van der Waals surface area contributed by atoms with Gasteiger partial charge in [0.15, 0.2) is 0 Å². The van der Waals surface area contributed by atoms with E-state index < -0.39 is 0 Å². The van der Waals surface area contributed by atoms with Gasteiger partial charge < -0.3 is 5.41 Å². The Morgan fingerprint density at radius 1 is 1.44 bits per heavy atom. The highest BCUT2D eigenvalue weighted by molar-refractivity contribution is 5.56. The molecule has 1 aliphatic carbocycles. The van der Waals surface area contributed by atoms with E-state index >= 15 is 0 Å². The lowest BCUT2D eigenvalue weighted by Gasteiger charge is -2.22. The molecular formula is C8H15N. The maximum Gasteiger partial charge on any atom is -0.00166 e. The van der Waals surface area contributed by atoms with Crippen LogP contribution in [0.25, 0.3) is 0 Å². The van der Waals surface area contributed by atoms with E-state index in [4.69, 9.17) is 5.41 Å². The second-order valence-electron chi connectivity index (χ2n) is 3.20. The minimum absolute atomic E-state index is 0.605. The van der Waals surface area contributed by atoms with Crippen molar-refractivity contribution >= 4 is 6.21 Å². The summed E-state index contributed by atoms with van der Waals surface area (Å²) in [4.78, 5) is 0. The van der Waals surface area contributed by atoms with Crippen LogP contribution < -0.4 is 0 Å². The molecule has 0 aromatic carbocycles. The van der Waals surface area contributed by atoms with E-state index in [1.807, 2.05) is 0 Å². The Labute approximate surface area is 57.0 Å². The Morgan fingerprint density at radius 3 is 2.67 bits per heavy atom. The molecule has 0 spiro atoms. The van der Waals surface area contributed by atoms with Gasteiger partial charge in [-0.15, -0.1) is 0 Å². The highest BCUT2D eigenvalue weighted by Crippen LogP contribution is 2.26. The predicted octanol–water partition coefficient (Wildman–Crippen LogP) is 2.46. The molecule has 1 unspecified atom stereocenters. The minimum Gasteiger partial charge on any atom is -0.313 e. The molecule has 2 atom stereocenters. The standard InChI is InChI=1S/C8H15N/c1-7-3-2-4-8(5-7)6-9/h6-9H,2-5H2,1H3/t7?,8-/m1/s1. The van der Waals surface area contributed by atoms with Crippen LogP contribution in [-0.2, 0) is 0 Å². The van der Waals surface area contributed by atoms with E-state index in [0.717, 1.165) is 5.92 Å². The van der Waals surface area contributed by atoms with Gasteiger partial charge in [0.1, 0.15) is 0 Å². The zero-order valence-corrected chi connectivity index (χ0v) is 6.06. The smallest absolute Gasteiger partial charge is 0.00166 e. The van der Waals surface area contributed by atoms with Crippen LogP contribution in [0.4, 0.5) is 0 Å². The lowest BCUT2D eigenvalue weighted by Crippen LogP contribution is -2.13. The molecule has 9 heavy (non-hydrogen) atoms. The Hall–Kier alpha value is -0.330. The summed E-state index contributed by atoms with van der Waals surface area (Å²) in [5.74, 6) is 1.47. The SMILES string of the molecule is CC1CCC[C@@H](C=N)C1. The van der Waals surface area contributed by atoms with Crippen molar-refractivity contribution in [3.05, 3.63) is 0 Å². The van der Waals surface area contributed by atoms with Crippen molar-refractivity contribution in [1.29, 1.82) is 5.41 Å². The van der Waals surface area contributed by atoms with Crippen molar-refractivity contribution in [1.82, 2.24) is 0 Å². The molecular weight excluding hydrogens is 110 g/mol. The first kappa shape index (κ1) is 6.79. The molecule has 0 aliphatic heterocycles. The molecule has 0 aromatic heterocycles. The summed E-state index contributed by atoms with van der Waals surface area (Å²) in [6.45, 7) is 2.29. The summed E-state index contributed by atoms with van der Waals surface area (Å²) in [6, 6.07) is 0. The third-order valence-electron chi connectivity index (χ3n) is 2.21. The van der Waals surface area contributed by atoms with Crippen LogP contribution in [0.3, 0.4) is 0 Å². The topological polar surface area (TPSA) is 23.9 Å². The molecule has 0 saturated heterocycles. The van der Waals surface area contributed by atoms with Gasteiger partial charge in [0, 0.05) is 0 Å². The Morgan fingerprint density at radius 2 is 2.22 bits per heavy atom. The van der Waals surface area contributed by atoms with Gasteiger partial charge in [0.25, 0.3) is 0 Å². The molecule has 1 saturated carbocycles. The lowest BCUT2D eigenvalue weighted by molar-refractivity contribution is 0.343. The highest BCUT2D eigenvalue weighted by atomic mass is 14.4. The second kappa shape index (κ2) is 3.00. The fraction of sp³-hybridized carbons (Fsp3) is 0.875. The fourth-order valence-electron chi connectivity index (χ4n) is 1.63. The van der Waals surface area contributed by atoms with Gasteiger partial charge in [-0.2, -0.15) is 0 Å². The van der Waals surface area contributed by atoms with E-state index in [-0.39, 0.29) is 0 Å². The molecule has 1 heteroatoms. The molecule has 0 amide bonds. The Bertz CT molecular complexity index is 98.7. The molecule has 1 nitrogen and oxygen atoms in total. The second-order valence-corrected chi connectivity index (χ2v) is 3.20. The maximum atomic E-state index is 7.06. The molecule has 0 bridgehead atoms. The van der Waals surface area contributed by atoms with Crippen LogP contribution >= 0.6 is 0 Å². The van der Waals surface area contributed by atoms with Crippen LogP contribution in [0.1, 0.15) is 32.6 Å². The van der Waals surface area contributed by atoms with E-state index in [2.05, 4.69) is 6.92 Å². The number of hydrogen-bond acceptors (Lipinski definition) is 1. The highest BCUT2D eigenvalue weighted by Gasteiger charge is 2.15. The molecule has 0 aromatic rings. The van der Waals surface area contributed by atoms with Gasteiger partial charge in [-0.1, -0.05) is 19.8 Å². The molecule has 1 rings (SSSR count). The van der Waals surface area contributed by atoms with Gasteiger partial charge in [-0.25, -0.2) is 0 Å². The van der Waals surface area contributed by atoms with Gasteiger partial charge in [0.05, 0.1) is 0 Å². The summed E-state index contributed by atoms with van der Waals surface area (Å²) in [5, 5.41) is 7.06. The van der Waals surface area contributed by atoms with Gasteiger partial charge in [-0.3, -0.25) is 0 Å². The van der Waals surface area contributed by atoms with Crippen molar-refractivity contribution in [2.75, 3.05) is 0 Å². The summed E-state index contributed by atoms with van der Waals surface area (Å²) in [7, 11) is 0. The summed E-state index contributed by atoms with van der Waals surface area (Å²) < 4.78 is 0. The van der Waals surface area contributed by atoms with Crippen molar-refractivity contribution < 1.29 is 0 Å². The first-order valence-corrected chi connectivity index (χ1v) is 3.83. The Balaban J connectivity index is 2.31. The van der Waals surface area contributed by atoms with Crippen LogP contribution in [0, 0.1) is 17.2 Å². The molecule has 0 radical (unpaired) electrons. The van der Waals surface area contributed by atoms with E-state index in [0.29, 0.717) is 5.92 Å². The number of hydrogen-bond donors (Lipinski definition) is 1. The fourth-order valence-corrected chi connectivity index (χ4v) is 1.63. The van der Waals surface area contributed by atoms with Crippen molar-refractivity contribution in [3.8, 4) is 0 Å². The molecule has 0 heterocycles. The van der Waals surface area contributed by atoms with E-state index in [1.165, 1.54) is 25.7 Å². The average molecular weight is 125 g/mol. The first-order chi connectivity index (χ1) is 4.33.